The van der Waals surface area contributed by atoms with Gasteiger partial charge >= 0.3 is 0 Å². The van der Waals surface area contributed by atoms with Crippen molar-refractivity contribution < 1.29 is 18.0 Å². The summed E-state index contributed by atoms with van der Waals surface area (Å²) >= 11 is 0. The van der Waals surface area contributed by atoms with E-state index in [4.69, 9.17) is 0 Å². The lowest BCUT2D eigenvalue weighted by molar-refractivity contribution is -0.119. The average Bonchev–Trinajstić information content (AvgIpc) is 3.02. The van der Waals surface area contributed by atoms with Gasteiger partial charge in [-0.2, -0.15) is 0 Å². The smallest absolute Gasteiger partial charge is 0.253 e. The Hall–Kier alpha value is -2.09. The number of anilines is 1. The molecule has 2 aliphatic heterocycles. The molecule has 1 aromatic rings. The molecule has 23 heavy (non-hydrogen) atoms. The molecular weight excluding hydrogens is 318 g/mol. The van der Waals surface area contributed by atoms with E-state index >= 15 is 0 Å². The number of hydrogen-bond acceptors (Lipinski definition) is 4. The van der Waals surface area contributed by atoms with E-state index in [-0.39, 0.29) is 23.8 Å². The largest absolute Gasteiger partial charge is 0.351 e. The molecule has 0 radical (unpaired) electrons. The van der Waals surface area contributed by atoms with Gasteiger partial charge in [0.1, 0.15) is 0 Å². The minimum Gasteiger partial charge on any atom is -0.351 e. The molecule has 8 heteroatoms. The van der Waals surface area contributed by atoms with E-state index in [2.05, 4.69) is 5.32 Å². The Labute approximate surface area is 135 Å². The van der Waals surface area contributed by atoms with Gasteiger partial charge < -0.3 is 10.2 Å². The maximum Gasteiger partial charge on any atom is 0.253 e. The summed E-state index contributed by atoms with van der Waals surface area (Å²) in [5.74, 6) is 0.157. The van der Waals surface area contributed by atoms with Crippen LogP contribution in [-0.4, -0.2) is 57.6 Å². The molecule has 0 bridgehead atoms. The van der Waals surface area contributed by atoms with Gasteiger partial charge in [-0.15, -0.1) is 0 Å². The van der Waals surface area contributed by atoms with Crippen molar-refractivity contribution in [2.75, 3.05) is 30.7 Å². The first kappa shape index (κ1) is 15.8. The van der Waals surface area contributed by atoms with Gasteiger partial charge in [0.05, 0.1) is 18.0 Å². The van der Waals surface area contributed by atoms with E-state index in [0.29, 0.717) is 30.8 Å². The number of amides is 2. The molecule has 0 aliphatic carbocycles. The van der Waals surface area contributed by atoms with Crippen LogP contribution in [-0.2, 0) is 14.8 Å². The van der Waals surface area contributed by atoms with Crippen molar-refractivity contribution in [1.82, 2.24) is 10.2 Å². The molecule has 0 saturated carbocycles. The van der Waals surface area contributed by atoms with Gasteiger partial charge in [0.25, 0.3) is 5.91 Å². The molecule has 2 atom stereocenters. The monoisotopic (exact) mass is 337 g/mol. The third-order valence-electron chi connectivity index (χ3n) is 4.50. The second-order valence-corrected chi connectivity index (χ2v) is 8.14. The lowest BCUT2D eigenvalue weighted by atomic mass is 10.1. The normalized spacial score (nSPS) is 23.6. The summed E-state index contributed by atoms with van der Waals surface area (Å²) in [4.78, 5) is 25.6. The molecule has 2 aliphatic rings. The Morgan fingerprint density at radius 1 is 1.26 bits per heavy atom. The maximum atomic E-state index is 12.5. The Morgan fingerprint density at radius 2 is 1.91 bits per heavy atom. The second-order valence-electron chi connectivity index (χ2n) is 6.13. The predicted octanol–water partition coefficient (Wildman–Crippen LogP) is 0.0429. The number of nitrogens with zero attached hydrogens (tertiary/aromatic N) is 2. The van der Waals surface area contributed by atoms with Crippen molar-refractivity contribution in [1.29, 1.82) is 0 Å². The van der Waals surface area contributed by atoms with Crippen LogP contribution in [0.3, 0.4) is 0 Å². The number of nitrogens with one attached hydrogen (secondary N) is 1. The molecule has 7 nitrogen and oxygen atoms in total. The Kier molecular flexibility index (Phi) is 3.79. The third kappa shape index (κ3) is 3.03. The average molecular weight is 337 g/mol. The number of benzene rings is 1. The zero-order chi connectivity index (χ0) is 16.8. The first-order valence-corrected chi connectivity index (χ1v) is 9.23. The zero-order valence-corrected chi connectivity index (χ0v) is 13.8. The van der Waals surface area contributed by atoms with Gasteiger partial charge in [-0.1, -0.05) is 0 Å². The molecule has 2 fully saturated rings. The summed E-state index contributed by atoms with van der Waals surface area (Å²) < 4.78 is 24.2. The zero-order valence-electron chi connectivity index (χ0n) is 13.0. The summed E-state index contributed by atoms with van der Waals surface area (Å²) in [5.41, 5.74) is 1.02. The molecule has 2 amide bonds. The van der Waals surface area contributed by atoms with Crippen molar-refractivity contribution in [2.45, 2.75) is 12.5 Å². The minimum atomic E-state index is -3.32. The predicted molar refractivity (Wildman–Crippen MR) is 85.6 cm³/mol. The minimum absolute atomic E-state index is 0.0558. The van der Waals surface area contributed by atoms with Crippen molar-refractivity contribution in [3.63, 3.8) is 0 Å². The van der Waals surface area contributed by atoms with E-state index in [1.54, 1.807) is 29.2 Å². The summed E-state index contributed by atoms with van der Waals surface area (Å²) in [6.07, 6.45) is 1.61. The fraction of sp³-hybridized carbons (Fsp3) is 0.467. The molecule has 3 rings (SSSR count). The van der Waals surface area contributed by atoms with Crippen LogP contribution in [0.4, 0.5) is 5.69 Å². The van der Waals surface area contributed by atoms with Gasteiger partial charge in [0.15, 0.2) is 0 Å². The summed E-state index contributed by atoms with van der Waals surface area (Å²) in [5, 5.41) is 2.89. The SMILES string of the molecule is CN(c1ccc(C(=O)N2C[C@@H]3CC(=O)N[C@@H]3C2)cc1)S(C)(=O)=O. The van der Waals surface area contributed by atoms with Crippen molar-refractivity contribution in [2.24, 2.45) is 5.92 Å². The quantitative estimate of drug-likeness (QED) is 0.844. The maximum absolute atomic E-state index is 12.5. The van der Waals surface area contributed by atoms with Crippen LogP contribution >= 0.6 is 0 Å². The van der Waals surface area contributed by atoms with E-state index in [1.807, 2.05) is 0 Å². The summed E-state index contributed by atoms with van der Waals surface area (Å²) in [7, 11) is -1.85. The molecule has 0 aromatic heterocycles. The number of sulfonamides is 1. The first-order valence-electron chi connectivity index (χ1n) is 7.38. The highest BCUT2D eigenvalue weighted by atomic mass is 32.2. The van der Waals surface area contributed by atoms with Crippen LogP contribution in [0.25, 0.3) is 0 Å². The molecular formula is C15H19N3O4S. The van der Waals surface area contributed by atoms with E-state index in [1.165, 1.54) is 7.05 Å². The van der Waals surface area contributed by atoms with Crippen molar-refractivity contribution in [3.8, 4) is 0 Å². The van der Waals surface area contributed by atoms with Gasteiger partial charge in [0, 0.05) is 38.0 Å². The van der Waals surface area contributed by atoms with Gasteiger partial charge in [-0.25, -0.2) is 8.42 Å². The van der Waals surface area contributed by atoms with Gasteiger partial charge in [-0.3, -0.25) is 13.9 Å². The molecule has 2 saturated heterocycles. The molecule has 1 N–H and O–H groups in total. The number of carbonyl (C=O) groups is 2. The highest BCUT2D eigenvalue weighted by Crippen LogP contribution is 2.27. The molecule has 124 valence electrons. The second kappa shape index (κ2) is 5.52. The number of fused-ring (bicyclic) bond motifs is 1. The van der Waals surface area contributed by atoms with Crippen molar-refractivity contribution >= 4 is 27.5 Å². The Bertz CT molecular complexity index is 728. The van der Waals surface area contributed by atoms with Gasteiger partial charge in [-0.05, 0) is 24.3 Å². The fourth-order valence-electron chi connectivity index (χ4n) is 3.10. The molecule has 0 spiro atoms. The number of rotatable bonds is 3. The topological polar surface area (TPSA) is 86.8 Å². The van der Waals surface area contributed by atoms with Crippen molar-refractivity contribution in [3.05, 3.63) is 29.8 Å². The number of carbonyl (C=O) groups excluding carboxylic acids is 2. The number of likely N-dealkylation sites (tertiary alicyclic amines) is 1. The van der Waals surface area contributed by atoms with Crippen LogP contribution in [0.2, 0.25) is 0 Å². The fourth-order valence-corrected chi connectivity index (χ4v) is 3.60. The van der Waals surface area contributed by atoms with Crippen LogP contribution < -0.4 is 9.62 Å². The third-order valence-corrected chi connectivity index (χ3v) is 5.70. The van der Waals surface area contributed by atoms with E-state index in [9.17, 15) is 18.0 Å². The van der Waals surface area contributed by atoms with Crippen LogP contribution in [0.15, 0.2) is 24.3 Å². The summed E-state index contributed by atoms with van der Waals surface area (Å²) in [6, 6.07) is 6.56. The molecule has 0 unspecified atom stereocenters. The van der Waals surface area contributed by atoms with E-state index < -0.39 is 10.0 Å². The number of hydrogen-bond donors (Lipinski definition) is 1. The molecule has 1 aromatic carbocycles. The lowest BCUT2D eigenvalue weighted by Crippen LogP contribution is -2.35. The van der Waals surface area contributed by atoms with Crippen LogP contribution in [0, 0.1) is 5.92 Å². The Morgan fingerprint density at radius 3 is 2.48 bits per heavy atom. The Balaban J connectivity index is 1.71. The highest BCUT2D eigenvalue weighted by Gasteiger charge is 2.41. The standard InChI is InChI=1S/C15H19N3O4S/c1-17(23(2,21)22)12-5-3-10(4-6-12)15(20)18-8-11-7-14(19)16-13(11)9-18/h3-6,11,13H,7-9H2,1-2H3,(H,16,19)/t11-,13+/m0/s1. The van der Waals surface area contributed by atoms with Crippen LogP contribution in [0.5, 0.6) is 0 Å². The van der Waals surface area contributed by atoms with Gasteiger partial charge in [0.2, 0.25) is 15.9 Å². The highest BCUT2D eigenvalue weighted by molar-refractivity contribution is 7.92. The lowest BCUT2D eigenvalue weighted by Gasteiger charge is -2.19. The first-order chi connectivity index (χ1) is 10.8. The van der Waals surface area contributed by atoms with E-state index in [0.717, 1.165) is 10.6 Å². The van der Waals surface area contributed by atoms with Crippen LogP contribution in [0.1, 0.15) is 16.8 Å². The molecule has 2 heterocycles. The summed E-state index contributed by atoms with van der Waals surface area (Å²) in [6.45, 7) is 1.10.